The largest absolute Gasteiger partial charge is 0.467 e. The summed E-state index contributed by atoms with van der Waals surface area (Å²) in [6.07, 6.45) is 0. The van der Waals surface area contributed by atoms with E-state index in [9.17, 15) is 9.59 Å². The van der Waals surface area contributed by atoms with Crippen LogP contribution in [0.5, 0.6) is 0 Å². The molecule has 1 aromatic heterocycles. The van der Waals surface area contributed by atoms with Crippen molar-refractivity contribution in [3.63, 3.8) is 0 Å². The van der Waals surface area contributed by atoms with Crippen LogP contribution >= 0.6 is 11.3 Å². The predicted molar refractivity (Wildman–Crippen MR) is 77.7 cm³/mol. The molecule has 0 aliphatic carbocycles. The van der Waals surface area contributed by atoms with Crippen LogP contribution in [0.2, 0.25) is 0 Å². The van der Waals surface area contributed by atoms with Crippen molar-refractivity contribution in [2.75, 3.05) is 14.2 Å². The minimum Gasteiger partial charge on any atom is -0.467 e. The Labute approximate surface area is 123 Å². The molecular formula is C13H21N3O3S. The molecule has 1 unspecified atom stereocenters. The van der Waals surface area contributed by atoms with Gasteiger partial charge >= 0.3 is 12.0 Å². The molecule has 1 aromatic rings. The Hall–Kier alpha value is -1.63. The van der Waals surface area contributed by atoms with Gasteiger partial charge in [-0.15, -0.1) is 11.3 Å². The zero-order valence-corrected chi connectivity index (χ0v) is 13.3. The zero-order valence-electron chi connectivity index (χ0n) is 12.5. The molecule has 112 valence electrons. The number of nitrogens with zero attached hydrogens (tertiary/aromatic N) is 2. The third-order valence-electron chi connectivity index (χ3n) is 2.70. The molecule has 0 radical (unpaired) electrons. The number of methoxy groups -OCH3 is 1. The molecule has 1 atom stereocenters. The molecule has 0 bridgehead atoms. The molecule has 6 nitrogen and oxygen atoms in total. The average molecular weight is 299 g/mol. The highest BCUT2D eigenvalue weighted by Crippen LogP contribution is 2.19. The number of nitrogens with one attached hydrogen (secondary N) is 1. The second-order valence-electron chi connectivity index (χ2n) is 4.88. The van der Waals surface area contributed by atoms with E-state index < -0.39 is 12.0 Å². The molecular weight excluding hydrogens is 278 g/mol. The van der Waals surface area contributed by atoms with Crippen molar-refractivity contribution in [1.82, 2.24) is 15.2 Å². The molecule has 1 N–H and O–H groups in total. The van der Waals surface area contributed by atoms with Crippen molar-refractivity contribution in [3.05, 3.63) is 16.1 Å². The molecule has 0 spiro atoms. The lowest BCUT2D eigenvalue weighted by molar-refractivity contribution is -0.142. The van der Waals surface area contributed by atoms with Gasteiger partial charge in [-0.05, 0) is 6.92 Å². The Morgan fingerprint density at radius 2 is 2.10 bits per heavy atom. The van der Waals surface area contributed by atoms with E-state index in [-0.39, 0.29) is 6.03 Å². The number of esters is 1. The number of amides is 2. The van der Waals surface area contributed by atoms with Gasteiger partial charge in [0.1, 0.15) is 6.04 Å². The third-order valence-corrected chi connectivity index (χ3v) is 3.90. The SMILES string of the molecule is COC(=O)C(C)NC(=O)N(C)Cc1csc(C(C)C)n1. The highest BCUT2D eigenvalue weighted by Gasteiger charge is 2.19. The first kappa shape index (κ1) is 16.4. The number of carbonyl (C=O) groups excluding carboxylic acids is 2. The van der Waals surface area contributed by atoms with Gasteiger partial charge in [-0.2, -0.15) is 0 Å². The lowest BCUT2D eigenvalue weighted by Crippen LogP contribution is -2.45. The predicted octanol–water partition coefficient (Wildman–Crippen LogP) is 1.97. The molecule has 7 heteroatoms. The molecule has 0 aliphatic rings. The van der Waals surface area contributed by atoms with Gasteiger partial charge in [0.15, 0.2) is 0 Å². The van der Waals surface area contributed by atoms with E-state index in [4.69, 9.17) is 0 Å². The van der Waals surface area contributed by atoms with E-state index in [0.717, 1.165) is 10.7 Å². The average Bonchev–Trinajstić information content (AvgIpc) is 2.86. The van der Waals surface area contributed by atoms with Crippen LogP contribution in [0.3, 0.4) is 0 Å². The normalized spacial score (nSPS) is 12.1. The van der Waals surface area contributed by atoms with Crippen LogP contribution in [-0.2, 0) is 16.1 Å². The Kier molecular flexibility index (Phi) is 5.94. The van der Waals surface area contributed by atoms with Crippen molar-refractivity contribution in [3.8, 4) is 0 Å². The summed E-state index contributed by atoms with van der Waals surface area (Å²) in [5.41, 5.74) is 0.849. The van der Waals surface area contributed by atoms with E-state index >= 15 is 0 Å². The highest BCUT2D eigenvalue weighted by atomic mass is 32.1. The summed E-state index contributed by atoms with van der Waals surface area (Å²) >= 11 is 1.59. The van der Waals surface area contributed by atoms with Gasteiger partial charge in [-0.25, -0.2) is 14.6 Å². The third kappa shape index (κ3) is 4.48. The van der Waals surface area contributed by atoms with Gasteiger partial charge in [-0.3, -0.25) is 0 Å². The van der Waals surface area contributed by atoms with Crippen LogP contribution in [0.25, 0.3) is 0 Å². The second-order valence-corrected chi connectivity index (χ2v) is 5.77. The van der Waals surface area contributed by atoms with Gasteiger partial charge in [0.05, 0.1) is 24.4 Å². The van der Waals surface area contributed by atoms with Crippen molar-refractivity contribution < 1.29 is 14.3 Å². The summed E-state index contributed by atoms with van der Waals surface area (Å²) in [6, 6.07) is -1.00. The van der Waals surface area contributed by atoms with Gasteiger partial charge in [0.25, 0.3) is 0 Å². The first-order valence-corrected chi connectivity index (χ1v) is 7.26. The first-order valence-electron chi connectivity index (χ1n) is 6.39. The van der Waals surface area contributed by atoms with Crippen molar-refractivity contribution >= 4 is 23.3 Å². The van der Waals surface area contributed by atoms with E-state index in [2.05, 4.69) is 28.9 Å². The second kappa shape index (κ2) is 7.23. The fraction of sp³-hybridized carbons (Fsp3) is 0.615. The maximum atomic E-state index is 11.9. The van der Waals surface area contributed by atoms with Gasteiger partial charge < -0.3 is 15.0 Å². The van der Waals surface area contributed by atoms with E-state index in [1.54, 1.807) is 25.3 Å². The molecule has 1 heterocycles. The monoisotopic (exact) mass is 299 g/mol. The lowest BCUT2D eigenvalue weighted by Gasteiger charge is -2.19. The van der Waals surface area contributed by atoms with Crippen LogP contribution < -0.4 is 5.32 Å². The standard InChI is InChI=1S/C13H21N3O3S/c1-8(2)11-15-10(7-20-11)6-16(4)13(18)14-9(3)12(17)19-5/h7-9H,6H2,1-5H3,(H,14,18). The fourth-order valence-electron chi connectivity index (χ4n) is 1.51. The maximum absolute atomic E-state index is 11.9. The number of aromatic nitrogens is 1. The summed E-state index contributed by atoms with van der Waals surface area (Å²) in [7, 11) is 2.95. The topological polar surface area (TPSA) is 71.5 Å². The molecule has 1 rings (SSSR count). The van der Waals surface area contributed by atoms with Crippen LogP contribution in [-0.4, -0.2) is 42.1 Å². The van der Waals surface area contributed by atoms with E-state index in [1.807, 2.05) is 5.38 Å². The molecule has 0 fully saturated rings. The maximum Gasteiger partial charge on any atom is 0.328 e. The van der Waals surface area contributed by atoms with Crippen molar-refractivity contribution in [1.29, 1.82) is 0 Å². The van der Waals surface area contributed by atoms with Gasteiger partial charge in [0, 0.05) is 18.3 Å². The Bertz CT molecular complexity index is 473. The zero-order chi connectivity index (χ0) is 15.3. The number of hydrogen-bond donors (Lipinski definition) is 1. The molecule has 2 amide bonds. The number of rotatable bonds is 5. The van der Waals surface area contributed by atoms with Crippen LogP contribution in [0.15, 0.2) is 5.38 Å². The summed E-state index contributed by atoms with van der Waals surface area (Å²) in [5, 5.41) is 5.57. The Morgan fingerprint density at radius 3 is 2.60 bits per heavy atom. The fourth-order valence-corrected chi connectivity index (χ4v) is 2.33. The molecule has 0 saturated carbocycles. The number of carbonyl (C=O) groups is 2. The highest BCUT2D eigenvalue weighted by molar-refractivity contribution is 7.09. The Morgan fingerprint density at radius 1 is 1.45 bits per heavy atom. The number of hydrogen-bond acceptors (Lipinski definition) is 5. The van der Waals surface area contributed by atoms with Gasteiger partial charge in [0.2, 0.25) is 0 Å². The molecule has 0 aliphatic heterocycles. The molecule has 0 aromatic carbocycles. The summed E-state index contributed by atoms with van der Waals surface area (Å²) < 4.78 is 4.56. The first-order chi connectivity index (χ1) is 9.35. The van der Waals surface area contributed by atoms with Gasteiger partial charge in [-0.1, -0.05) is 13.8 Å². The lowest BCUT2D eigenvalue weighted by atomic mass is 10.2. The van der Waals surface area contributed by atoms with Crippen LogP contribution in [0, 0.1) is 0 Å². The summed E-state index contributed by atoms with van der Waals surface area (Å²) in [6.45, 7) is 6.15. The quantitative estimate of drug-likeness (QED) is 0.844. The minimum atomic E-state index is -0.670. The summed E-state index contributed by atoms with van der Waals surface area (Å²) in [4.78, 5) is 29.1. The van der Waals surface area contributed by atoms with Crippen molar-refractivity contribution in [2.24, 2.45) is 0 Å². The Balaban J connectivity index is 2.54. The molecule has 0 saturated heterocycles. The summed E-state index contributed by atoms with van der Waals surface area (Å²) in [5.74, 6) is -0.0882. The minimum absolute atomic E-state index is 0.331. The molecule has 20 heavy (non-hydrogen) atoms. The smallest absolute Gasteiger partial charge is 0.328 e. The van der Waals surface area contributed by atoms with E-state index in [0.29, 0.717) is 12.5 Å². The number of ether oxygens (including phenoxy) is 1. The number of urea groups is 1. The number of thiazole rings is 1. The van der Waals surface area contributed by atoms with Crippen molar-refractivity contribution in [2.45, 2.75) is 39.3 Å². The van der Waals surface area contributed by atoms with Crippen LogP contribution in [0.4, 0.5) is 4.79 Å². The van der Waals surface area contributed by atoms with E-state index in [1.165, 1.54) is 12.0 Å². The van der Waals surface area contributed by atoms with Crippen LogP contribution in [0.1, 0.15) is 37.4 Å².